The first-order chi connectivity index (χ1) is 11.8. The average Bonchev–Trinajstić information content (AvgIpc) is 2.62. The van der Waals surface area contributed by atoms with Gasteiger partial charge in [-0.3, -0.25) is 4.79 Å². The second-order valence-electron chi connectivity index (χ2n) is 5.55. The zero-order chi connectivity index (χ0) is 17.0. The summed E-state index contributed by atoms with van der Waals surface area (Å²) in [5.74, 6) is 0.667. The van der Waals surface area contributed by atoms with Crippen molar-refractivity contribution in [1.82, 2.24) is 0 Å². The Balaban J connectivity index is 1.62. The van der Waals surface area contributed by atoms with E-state index in [1.165, 1.54) is 5.56 Å². The molecule has 0 amide bonds. The number of hydrogen-bond donors (Lipinski definition) is 0. The molecule has 2 aromatic rings. The van der Waals surface area contributed by atoms with Crippen LogP contribution < -0.4 is 4.74 Å². The highest BCUT2D eigenvalue weighted by molar-refractivity contribution is 7.95. The molecule has 0 spiro atoms. The van der Waals surface area contributed by atoms with Gasteiger partial charge in [0.15, 0.2) is 0 Å². The van der Waals surface area contributed by atoms with Crippen molar-refractivity contribution in [3.8, 4) is 5.75 Å². The van der Waals surface area contributed by atoms with Gasteiger partial charge in [-0.1, -0.05) is 37.3 Å². The molecule has 0 saturated heterocycles. The van der Waals surface area contributed by atoms with E-state index < -0.39 is 0 Å². The van der Waals surface area contributed by atoms with Crippen LogP contribution >= 0.6 is 12.0 Å². The smallest absolute Gasteiger partial charge is 0.318 e. The molecule has 0 bridgehead atoms. The maximum Gasteiger partial charge on any atom is 0.318 e. The fourth-order valence-corrected chi connectivity index (χ4v) is 2.72. The molecule has 0 fully saturated rings. The van der Waals surface area contributed by atoms with Gasteiger partial charge in [-0.25, -0.2) is 0 Å². The summed E-state index contributed by atoms with van der Waals surface area (Å²) in [6.07, 6.45) is 4.49. The van der Waals surface area contributed by atoms with E-state index in [9.17, 15) is 4.79 Å². The average molecular weight is 344 g/mol. The fourth-order valence-electron chi connectivity index (χ4n) is 2.20. The van der Waals surface area contributed by atoms with E-state index in [1.807, 2.05) is 37.3 Å². The standard InChI is InChI=1S/C20H24O3S/c1-2-8-20(21)23-24-19-14-12-18(13-15-19)22-16-7-6-11-17-9-4-3-5-10-17/h3-5,9-10,12-15H,2,6-8,11,16H2,1H3. The predicted molar refractivity (Wildman–Crippen MR) is 98.2 cm³/mol. The monoisotopic (exact) mass is 344 g/mol. The Morgan fingerprint density at radius 1 is 1.00 bits per heavy atom. The van der Waals surface area contributed by atoms with Gasteiger partial charge in [-0.05, 0) is 55.5 Å². The van der Waals surface area contributed by atoms with Crippen LogP contribution in [0.15, 0.2) is 59.5 Å². The van der Waals surface area contributed by atoms with E-state index in [1.54, 1.807) is 0 Å². The van der Waals surface area contributed by atoms with E-state index in [0.717, 1.165) is 48.4 Å². The summed E-state index contributed by atoms with van der Waals surface area (Å²) < 4.78 is 10.8. The van der Waals surface area contributed by atoms with Crippen LogP contribution in [0.5, 0.6) is 5.75 Å². The lowest BCUT2D eigenvalue weighted by Gasteiger charge is -2.07. The van der Waals surface area contributed by atoms with Crippen LogP contribution in [-0.4, -0.2) is 12.6 Å². The van der Waals surface area contributed by atoms with Crippen molar-refractivity contribution in [2.45, 2.75) is 43.9 Å². The summed E-state index contributed by atoms with van der Waals surface area (Å²) in [7, 11) is 0. The summed E-state index contributed by atoms with van der Waals surface area (Å²) in [6.45, 7) is 2.67. The lowest BCUT2D eigenvalue weighted by atomic mass is 10.1. The van der Waals surface area contributed by atoms with Gasteiger partial charge in [0.05, 0.1) is 18.6 Å². The highest BCUT2D eigenvalue weighted by Crippen LogP contribution is 2.23. The summed E-state index contributed by atoms with van der Waals surface area (Å²) >= 11 is 1.10. The zero-order valence-electron chi connectivity index (χ0n) is 14.1. The van der Waals surface area contributed by atoms with Crippen LogP contribution in [0.4, 0.5) is 0 Å². The van der Waals surface area contributed by atoms with E-state index >= 15 is 0 Å². The molecule has 0 radical (unpaired) electrons. The van der Waals surface area contributed by atoms with Gasteiger partial charge in [-0.2, -0.15) is 0 Å². The van der Waals surface area contributed by atoms with Crippen LogP contribution in [0, 0.1) is 0 Å². The minimum absolute atomic E-state index is 0.179. The molecule has 0 aliphatic rings. The predicted octanol–water partition coefficient (Wildman–Crippen LogP) is 5.44. The van der Waals surface area contributed by atoms with Crippen molar-refractivity contribution >= 4 is 18.0 Å². The zero-order valence-corrected chi connectivity index (χ0v) is 14.9. The van der Waals surface area contributed by atoms with Gasteiger partial charge in [0.25, 0.3) is 0 Å². The molecule has 0 aliphatic heterocycles. The lowest BCUT2D eigenvalue weighted by molar-refractivity contribution is -0.133. The molecule has 0 aliphatic carbocycles. The number of hydrogen-bond acceptors (Lipinski definition) is 4. The van der Waals surface area contributed by atoms with Gasteiger partial charge in [0, 0.05) is 11.3 Å². The molecule has 0 atom stereocenters. The van der Waals surface area contributed by atoms with Crippen molar-refractivity contribution in [1.29, 1.82) is 0 Å². The highest BCUT2D eigenvalue weighted by atomic mass is 32.2. The molecule has 0 heterocycles. The molecular weight excluding hydrogens is 320 g/mol. The largest absolute Gasteiger partial charge is 0.494 e. The molecule has 3 nitrogen and oxygen atoms in total. The Labute approximate surface area is 148 Å². The molecule has 2 aromatic carbocycles. The van der Waals surface area contributed by atoms with Crippen LogP contribution in [0.3, 0.4) is 0 Å². The normalized spacial score (nSPS) is 10.4. The van der Waals surface area contributed by atoms with Crippen LogP contribution in [0.1, 0.15) is 38.2 Å². The number of rotatable bonds is 10. The Morgan fingerprint density at radius 2 is 1.75 bits per heavy atom. The first-order valence-corrected chi connectivity index (χ1v) is 9.16. The topological polar surface area (TPSA) is 35.5 Å². The third-order valence-corrected chi connectivity index (χ3v) is 4.21. The third kappa shape index (κ3) is 7.09. The van der Waals surface area contributed by atoms with E-state index in [0.29, 0.717) is 13.0 Å². The summed E-state index contributed by atoms with van der Waals surface area (Å²) in [4.78, 5) is 12.2. The summed E-state index contributed by atoms with van der Waals surface area (Å²) in [5, 5.41) is 0. The Kier molecular flexibility index (Phi) is 8.25. The first-order valence-electron chi connectivity index (χ1n) is 8.42. The minimum Gasteiger partial charge on any atom is -0.494 e. The molecule has 0 aromatic heterocycles. The molecule has 2 rings (SSSR count). The van der Waals surface area contributed by atoms with Crippen LogP contribution in [-0.2, 0) is 15.4 Å². The van der Waals surface area contributed by atoms with Crippen molar-refractivity contribution in [2.24, 2.45) is 0 Å². The van der Waals surface area contributed by atoms with Crippen LogP contribution in [0.25, 0.3) is 0 Å². The van der Waals surface area contributed by atoms with Crippen molar-refractivity contribution in [3.63, 3.8) is 0 Å². The van der Waals surface area contributed by atoms with E-state index in [2.05, 4.69) is 24.3 Å². The number of ether oxygens (including phenoxy) is 1. The fraction of sp³-hybridized carbons (Fsp3) is 0.350. The maximum absolute atomic E-state index is 11.3. The van der Waals surface area contributed by atoms with Crippen molar-refractivity contribution in [3.05, 3.63) is 60.2 Å². The van der Waals surface area contributed by atoms with Gasteiger partial charge in [0.2, 0.25) is 0 Å². The third-order valence-electron chi connectivity index (χ3n) is 3.48. The molecule has 4 heteroatoms. The molecule has 0 unspecified atom stereocenters. The number of aryl methyl sites for hydroxylation is 1. The second-order valence-corrected chi connectivity index (χ2v) is 6.36. The first kappa shape index (κ1) is 18.4. The summed E-state index contributed by atoms with van der Waals surface area (Å²) in [6, 6.07) is 18.1. The van der Waals surface area contributed by atoms with E-state index in [4.69, 9.17) is 8.92 Å². The van der Waals surface area contributed by atoms with Gasteiger partial charge in [-0.15, -0.1) is 0 Å². The molecular formula is C20H24O3S. The minimum atomic E-state index is -0.179. The highest BCUT2D eigenvalue weighted by Gasteiger charge is 2.03. The molecule has 0 saturated carbocycles. The number of carbonyl (C=O) groups excluding carboxylic acids is 1. The Hall–Kier alpha value is -1.94. The number of unbranched alkanes of at least 4 members (excludes halogenated alkanes) is 1. The van der Waals surface area contributed by atoms with Gasteiger partial charge in [0.1, 0.15) is 5.75 Å². The quantitative estimate of drug-likeness (QED) is 0.425. The number of carbonyl (C=O) groups is 1. The second kappa shape index (κ2) is 10.8. The Bertz CT molecular complexity index is 596. The Morgan fingerprint density at radius 3 is 2.46 bits per heavy atom. The van der Waals surface area contributed by atoms with Crippen molar-refractivity contribution in [2.75, 3.05) is 6.61 Å². The summed E-state index contributed by atoms with van der Waals surface area (Å²) in [5.41, 5.74) is 1.37. The SMILES string of the molecule is CCCC(=O)OSc1ccc(OCCCCc2ccccc2)cc1. The molecule has 128 valence electrons. The molecule has 0 N–H and O–H groups in total. The van der Waals surface area contributed by atoms with Gasteiger partial charge < -0.3 is 8.92 Å². The van der Waals surface area contributed by atoms with Gasteiger partial charge >= 0.3 is 5.97 Å². The van der Waals surface area contributed by atoms with Crippen LogP contribution in [0.2, 0.25) is 0 Å². The maximum atomic E-state index is 11.3. The van der Waals surface area contributed by atoms with E-state index in [-0.39, 0.29) is 5.97 Å². The molecule has 24 heavy (non-hydrogen) atoms. The number of benzene rings is 2. The lowest BCUT2D eigenvalue weighted by Crippen LogP contribution is -1.98. The van der Waals surface area contributed by atoms with Crippen molar-refractivity contribution < 1.29 is 13.7 Å².